The highest BCUT2D eigenvalue weighted by molar-refractivity contribution is 9.10. The predicted octanol–water partition coefficient (Wildman–Crippen LogP) is 4.96. The molecule has 0 saturated carbocycles. The molecule has 0 amide bonds. The standard InChI is InChI=1S/C17H22BrNO2S/c1-4-5-6-7-15-13(3)17(19-16(15)18)22(20,21)14-10-8-12(2)9-11-14/h8-11,19H,4-7H2,1-3H3. The topological polar surface area (TPSA) is 49.9 Å². The number of unbranched alkanes of at least 4 members (excludes halogenated alkanes) is 2. The minimum atomic E-state index is -3.50. The van der Waals surface area contributed by atoms with E-state index < -0.39 is 9.84 Å². The van der Waals surface area contributed by atoms with Crippen LogP contribution in [0.3, 0.4) is 0 Å². The molecule has 0 aliphatic rings. The Balaban J connectivity index is 2.40. The fourth-order valence-corrected chi connectivity index (χ4v) is 4.84. The van der Waals surface area contributed by atoms with Gasteiger partial charge in [0.2, 0.25) is 9.84 Å². The van der Waals surface area contributed by atoms with Crippen LogP contribution in [0.15, 0.2) is 38.8 Å². The number of aromatic nitrogens is 1. The molecule has 0 bridgehead atoms. The van der Waals surface area contributed by atoms with Crippen LogP contribution in [0, 0.1) is 13.8 Å². The van der Waals surface area contributed by atoms with E-state index in [1.807, 2.05) is 26.0 Å². The highest BCUT2D eigenvalue weighted by Crippen LogP contribution is 2.31. The maximum Gasteiger partial charge on any atom is 0.222 e. The van der Waals surface area contributed by atoms with E-state index in [1.165, 1.54) is 0 Å². The zero-order valence-corrected chi connectivity index (χ0v) is 15.6. The summed E-state index contributed by atoms with van der Waals surface area (Å²) in [6.45, 7) is 5.98. The van der Waals surface area contributed by atoms with Crippen molar-refractivity contribution in [2.45, 2.75) is 56.4 Å². The van der Waals surface area contributed by atoms with Crippen molar-refractivity contribution < 1.29 is 8.42 Å². The molecule has 1 aromatic heterocycles. The van der Waals surface area contributed by atoms with E-state index in [1.54, 1.807) is 12.1 Å². The van der Waals surface area contributed by atoms with Gasteiger partial charge in [-0.15, -0.1) is 0 Å². The SMILES string of the molecule is CCCCCc1c(Br)[nH]c(S(=O)(=O)c2ccc(C)cc2)c1C. The summed E-state index contributed by atoms with van der Waals surface area (Å²) in [6.07, 6.45) is 4.25. The first-order valence-corrected chi connectivity index (χ1v) is 9.84. The summed E-state index contributed by atoms with van der Waals surface area (Å²) < 4.78 is 26.4. The fraction of sp³-hybridized carbons (Fsp3) is 0.412. The molecule has 0 aliphatic carbocycles. The summed E-state index contributed by atoms with van der Waals surface area (Å²) in [5, 5.41) is 0.301. The molecule has 2 aromatic rings. The number of benzene rings is 1. The molecular formula is C17H22BrNO2S. The Hall–Kier alpha value is -1.07. The van der Waals surface area contributed by atoms with Gasteiger partial charge in [-0.1, -0.05) is 37.5 Å². The molecule has 1 N–H and O–H groups in total. The zero-order chi connectivity index (χ0) is 16.3. The number of halogens is 1. The van der Waals surface area contributed by atoms with Gasteiger partial charge >= 0.3 is 0 Å². The quantitative estimate of drug-likeness (QED) is 0.716. The predicted molar refractivity (Wildman–Crippen MR) is 93.1 cm³/mol. The Labute approximate surface area is 141 Å². The van der Waals surface area contributed by atoms with Crippen LogP contribution in [0.1, 0.15) is 42.9 Å². The Kier molecular flexibility index (Phi) is 5.50. The van der Waals surface area contributed by atoms with Crippen LogP contribution in [0.4, 0.5) is 0 Å². The van der Waals surface area contributed by atoms with E-state index in [2.05, 4.69) is 27.8 Å². The third-order valence-corrected chi connectivity index (χ3v) is 6.43. The van der Waals surface area contributed by atoms with Gasteiger partial charge in [-0.25, -0.2) is 8.42 Å². The monoisotopic (exact) mass is 383 g/mol. The molecule has 0 saturated heterocycles. The highest BCUT2D eigenvalue weighted by Gasteiger charge is 2.25. The van der Waals surface area contributed by atoms with Gasteiger partial charge < -0.3 is 4.98 Å². The summed E-state index contributed by atoms with van der Waals surface area (Å²) in [4.78, 5) is 3.35. The lowest BCUT2D eigenvalue weighted by Gasteiger charge is -2.05. The molecule has 2 rings (SSSR count). The van der Waals surface area contributed by atoms with E-state index in [0.717, 1.165) is 47.0 Å². The van der Waals surface area contributed by atoms with Crippen LogP contribution in [0.2, 0.25) is 0 Å². The third-order valence-electron chi connectivity index (χ3n) is 3.91. The average Bonchev–Trinajstić information content (AvgIpc) is 2.76. The molecular weight excluding hydrogens is 362 g/mol. The molecule has 0 atom stereocenters. The van der Waals surface area contributed by atoms with Crippen molar-refractivity contribution in [2.75, 3.05) is 0 Å². The first kappa shape index (κ1) is 17.3. The molecule has 120 valence electrons. The molecule has 5 heteroatoms. The molecule has 0 aliphatic heterocycles. The molecule has 3 nitrogen and oxygen atoms in total. The van der Waals surface area contributed by atoms with E-state index in [0.29, 0.717) is 9.92 Å². The second-order valence-electron chi connectivity index (χ2n) is 5.65. The molecule has 1 heterocycles. The van der Waals surface area contributed by atoms with Crippen molar-refractivity contribution in [3.63, 3.8) is 0 Å². The van der Waals surface area contributed by atoms with Crippen LogP contribution in [0.25, 0.3) is 0 Å². The van der Waals surface area contributed by atoms with Crippen LogP contribution < -0.4 is 0 Å². The van der Waals surface area contributed by atoms with Crippen molar-refractivity contribution in [3.05, 3.63) is 45.6 Å². The Bertz CT molecular complexity index is 746. The van der Waals surface area contributed by atoms with Gasteiger partial charge in [0, 0.05) is 0 Å². The highest BCUT2D eigenvalue weighted by atomic mass is 79.9. The first-order valence-electron chi connectivity index (χ1n) is 7.56. The van der Waals surface area contributed by atoms with Gasteiger partial charge in [0.05, 0.1) is 9.50 Å². The molecule has 0 unspecified atom stereocenters. The van der Waals surface area contributed by atoms with Crippen molar-refractivity contribution in [2.24, 2.45) is 0 Å². The third kappa shape index (κ3) is 3.46. The van der Waals surface area contributed by atoms with Crippen molar-refractivity contribution in [1.29, 1.82) is 0 Å². The summed E-state index contributed by atoms with van der Waals surface area (Å²) in [5.41, 5.74) is 2.94. The molecule has 0 radical (unpaired) electrons. The molecule has 0 fully saturated rings. The minimum Gasteiger partial charge on any atom is -0.340 e. The lowest BCUT2D eigenvalue weighted by Crippen LogP contribution is -2.04. The van der Waals surface area contributed by atoms with E-state index in [9.17, 15) is 8.42 Å². The summed E-state index contributed by atoms with van der Waals surface area (Å²) in [5.74, 6) is 0. The number of rotatable bonds is 6. The molecule has 0 spiro atoms. The van der Waals surface area contributed by atoms with Crippen molar-refractivity contribution in [3.8, 4) is 0 Å². The zero-order valence-electron chi connectivity index (χ0n) is 13.2. The number of aryl methyl sites for hydroxylation is 1. The lowest BCUT2D eigenvalue weighted by molar-refractivity contribution is 0.592. The summed E-state index contributed by atoms with van der Waals surface area (Å²) >= 11 is 3.48. The average molecular weight is 384 g/mol. The Morgan fingerprint density at radius 3 is 2.32 bits per heavy atom. The second kappa shape index (κ2) is 7.01. The lowest BCUT2D eigenvalue weighted by atomic mass is 10.1. The largest absolute Gasteiger partial charge is 0.340 e. The van der Waals surface area contributed by atoms with Crippen LogP contribution >= 0.6 is 15.9 Å². The van der Waals surface area contributed by atoms with Crippen LogP contribution in [-0.2, 0) is 16.3 Å². The van der Waals surface area contributed by atoms with Crippen molar-refractivity contribution in [1.82, 2.24) is 4.98 Å². The van der Waals surface area contributed by atoms with Gasteiger partial charge in [0.1, 0.15) is 5.03 Å². The number of hydrogen-bond acceptors (Lipinski definition) is 2. The smallest absolute Gasteiger partial charge is 0.222 e. The van der Waals surface area contributed by atoms with Crippen molar-refractivity contribution >= 4 is 25.8 Å². The van der Waals surface area contributed by atoms with Gasteiger partial charge in [0.25, 0.3) is 0 Å². The number of H-pyrrole nitrogens is 1. The number of hydrogen-bond donors (Lipinski definition) is 1. The summed E-state index contributed by atoms with van der Waals surface area (Å²) in [6, 6.07) is 6.97. The maximum atomic E-state index is 12.8. The molecule has 22 heavy (non-hydrogen) atoms. The number of sulfone groups is 1. The van der Waals surface area contributed by atoms with E-state index in [4.69, 9.17) is 0 Å². The Morgan fingerprint density at radius 1 is 1.09 bits per heavy atom. The fourth-order valence-electron chi connectivity index (χ4n) is 2.52. The van der Waals surface area contributed by atoms with E-state index in [-0.39, 0.29) is 0 Å². The maximum absolute atomic E-state index is 12.8. The van der Waals surface area contributed by atoms with Gasteiger partial charge in [-0.3, -0.25) is 0 Å². The minimum absolute atomic E-state index is 0.301. The second-order valence-corrected chi connectivity index (χ2v) is 8.32. The number of aromatic amines is 1. The van der Waals surface area contributed by atoms with Gasteiger partial charge in [0.15, 0.2) is 0 Å². The Morgan fingerprint density at radius 2 is 1.73 bits per heavy atom. The normalized spacial score (nSPS) is 11.8. The molecule has 1 aromatic carbocycles. The number of nitrogens with one attached hydrogen (secondary N) is 1. The first-order chi connectivity index (χ1) is 10.4. The van der Waals surface area contributed by atoms with Crippen LogP contribution in [0.5, 0.6) is 0 Å². The van der Waals surface area contributed by atoms with E-state index >= 15 is 0 Å². The van der Waals surface area contributed by atoms with Crippen LogP contribution in [-0.4, -0.2) is 13.4 Å². The summed E-state index contributed by atoms with van der Waals surface area (Å²) in [7, 11) is -3.50. The van der Waals surface area contributed by atoms with Gasteiger partial charge in [-0.05, 0) is 65.9 Å². The van der Waals surface area contributed by atoms with Gasteiger partial charge in [-0.2, -0.15) is 0 Å².